The Balaban J connectivity index is 2.96. The van der Waals surface area contributed by atoms with Crippen LogP contribution in [0.1, 0.15) is 17.6 Å². The zero-order valence-corrected chi connectivity index (χ0v) is 7.13. The summed E-state index contributed by atoms with van der Waals surface area (Å²) in [5, 5.41) is 8.79. The molecule has 0 aromatic carbocycles. The second kappa shape index (κ2) is 3.02. The van der Waals surface area contributed by atoms with Crippen molar-refractivity contribution in [3.8, 4) is 0 Å². The van der Waals surface area contributed by atoms with E-state index in [-0.39, 0.29) is 5.69 Å². The summed E-state index contributed by atoms with van der Waals surface area (Å²) in [5.41, 5.74) is -0.368. The van der Waals surface area contributed by atoms with E-state index in [0.29, 0.717) is 5.82 Å². The highest BCUT2D eigenvalue weighted by atomic mass is 19.4. The number of aliphatic hydroxyl groups excluding tert-OH is 1. The van der Waals surface area contributed by atoms with Crippen molar-refractivity contribution in [1.29, 1.82) is 0 Å². The van der Waals surface area contributed by atoms with Crippen LogP contribution in [0.15, 0.2) is 6.20 Å². The molecule has 0 aliphatic carbocycles. The summed E-state index contributed by atoms with van der Waals surface area (Å²) in [5.74, 6) is 0.429. The minimum atomic E-state index is -4.65. The minimum Gasteiger partial charge on any atom is -0.378 e. The molecule has 3 nitrogen and oxygen atoms in total. The summed E-state index contributed by atoms with van der Waals surface area (Å²) in [6.45, 7) is 1.56. The van der Waals surface area contributed by atoms with E-state index in [1.54, 1.807) is 14.0 Å². The molecule has 0 aliphatic rings. The predicted molar refractivity (Wildman–Crippen MR) is 39.0 cm³/mol. The van der Waals surface area contributed by atoms with E-state index in [1.807, 2.05) is 0 Å². The number of halogens is 3. The topological polar surface area (TPSA) is 38.1 Å². The molecule has 1 rings (SSSR count). The normalized spacial score (nSPS) is 14.6. The molecule has 0 radical (unpaired) electrons. The summed E-state index contributed by atoms with van der Waals surface area (Å²) in [6.07, 6.45) is -5.98. The second-order valence-corrected chi connectivity index (χ2v) is 2.77. The third-order valence-electron chi connectivity index (χ3n) is 1.72. The van der Waals surface area contributed by atoms with E-state index in [4.69, 9.17) is 5.11 Å². The smallest absolute Gasteiger partial charge is 0.378 e. The standard InChI is InChI=1S/C7H9F3N2O/c1-4-11-5(3-12(4)2)6(13)7(8,9)10/h3,6,13H,1-2H3. The lowest BCUT2D eigenvalue weighted by Crippen LogP contribution is -2.20. The molecule has 0 saturated carbocycles. The van der Waals surface area contributed by atoms with Gasteiger partial charge < -0.3 is 9.67 Å². The van der Waals surface area contributed by atoms with Crippen molar-refractivity contribution in [3.63, 3.8) is 0 Å². The van der Waals surface area contributed by atoms with E-state index in [2.05, 4.69) is 4.98 Å². The Labute approximate surface area is 72.8 Å². The van der Waals surface area contributed by atoms with E-state index in [9.17, 15) is 13.2 Å². The average Bonchev–Trinajstić information content (AvgIpc) is 2.29. The van der Waals surface area contributed by atoms with E-state index in [0.717, 1.165) is 6.20 Å². The van der Waals surface area contributed by atoms with E-state index in [1.165, 1.54) is 4.57 Å². The Hall–Kier alpha value is -1.04. The van der Waals surface area contributed by atoms with Crippen LogP contribution in [0.2, 0.25) is 0 Å². The molecule has 1 N–H and O–H groups in total. The van der Waals surface area contributed by atoms with Crippen LogP contribution >= 0.6 is 0 Å². The third kappa shape index (κ3) is 2.00. The quantitative estimate of drug-likeness (QED) is 0.732. The van der Waals surface area contributed by atoms with Gasteiger partial charge in [-0.05, 0) is 6.92 Å². The molecule has 74 valence electrons. The Bertz CT molecular complexity index is 286. The molecule has 0 aliphatic heterocycles. The highest BCUT2D eigenvalue weighted by molar-refractivity contribution is 5.07. The Morgan fingerprint density at radius 2 is 2.08 bits per heavy atom. The molecular formula is C7H9F3N2O. The van der Waals surface area contributed by atoms with Crippen LogP contribution in [0.3, 0.4) is 0 Å². The SMILES string of the molecule is Cc1nc(C(O)C(F)(F)F)cn1C. The maximum Gasteiger partial charge on any atom is 0.420 e. The van der Waals surface area contributed by atoms with Crippen molar-refractivity contribution < 1.29 is 18.3 Å². The first-order valence-electron chi connectivity index (χ1n) is 3.57. The molecule has 1 aromatic heterocycles. The summed E-state index contributed by atoms with van der Waals surface area (Å²) in [6, 6.07) is 0. The van der Waals surface area contributed by atoms with Crippen LogP contribution in [-0.4, -0.2) is 20.8 Å². The number of aromatic nitrogens is 2. The average molecular weight is 194 g/mol. The largest absolute Gasteiger partial charge is 0.420 e. The Kier molecular flexibility index (Phi) is 2.34. The lowest BCUT2D eigenvalue weighted by Gasteiger charge is -2.11. The molecule has 1 atom stereocenters. The molecule has 13 heavy (non-hydrogen) atoms. The van der Waals surface area contributed by atoms with Crippen LogP contribution in [-0.2, 0) is 7.05 Å². The lowest BCUT2D eigenvalue weighted by molar-refractivity contribution is -0.207. The predicted octanol–water partition coefficient (Wildman–Crippen LogP) is 1.32. The molecular weight excluding hydrogens is 185 g/mol. The van der Waals surface area contributed by atoms with Gasteiger partial charge in [-0.2, -0.15) is 13.2 Å². The first-order valence-corrected chi connectivity index (χ1v) is 3.57. The highest BCUT2D eigenvalue weighted by Gasteiger charge is 2.40. The molecule has 0 bridgehead atoms. The highest BCUT2D eigenvalue weighted by Crippen LogP contribution is 2.31. The fourth-order valence-electron chi connectivity index (χ4n) is 0.886. The summed E-state index contributed by atoms with van der Waals surface area (Å²) < 4.78 is 37.4. The van der Waals surface area contributed by atoms with Gasteiger partial charge in [0.2, 0.25) is 0 Å². The van der Waals surface area contributed by atoms with Crippen molar-refractivity contribution in [1.82, 2.24) is 9.55 Å². The monoisotopic (exact) mass is 194 g/mol. The van der Waals surface area contributed by atoms with Gasteiger partial charge in [0.15, 0.2) is 6.10 Å². The summed E-state index contributed by atoms with van der Waals surface area (Å²) in [7, 11) is 1.56. The Morgan fingerprint density at radius 1 is 1.54 bits per heavy atom. The molecule has 0 spiro atoms. The van der Waals surface area contributed by atoms with Gasteiger partial charge in [0.1, 0.15) is 5.82 Å². The second-order valence-electron chi connectivity index (χ2n) is 2.77. The summed E-state index contributed by atoms with van der Waals surface area (Å²) in [4.78, 5) is 3.57. The maximum atomic E-state index is 12.0. The van der Waals surface area contributed by atoms with Crippen molar-refractivity contribution >= 4 is 0 Å². The number of nitrogens with zero attached hydrogens (tertiary/aromatic N) is 2. The number of imidazole rings is 1. The summed E-state index contributed by atoms with van der Waals surface area (Å²) >= 11 is 0. The van der Waals surface area contributed by atoms with Crippen LogP contribution in [0, 0.1) is 6.92 Å². The van der Waals surface area contributed by atoms with Gasteiger partial charge >= 0.3 is 6.18 Å². The molecule has 1 aromatic rings. The van der Waals surface area contributed by atoms with Gasteiger partial charge in [-0.1, -0.05) is 0 Å². The minimum absolute atomic E-state index is 0.368. The molecule has 1 heterocycles. The first-order chi connectivity index (χ1) is 5.82. The number of aliphatic hydroxyl groups is 1. The van der Waals surface area contributed by atoms with Crippen LogP contribution < -0.4 is 0 Å². The molecule has 0 fully saturated rings. The fraction of sp³-hybridized carbons (Fsp3) is 0.571. The van der Waals surface area contributed by atoms with Gasteiger partial charge in [-0.3, -0.25) is 0 Å². The zero-order chi connectivity index (χ0) is 10.2. The number of hydrogen-bond acceptors (Lipinski definition) is 2. The molecule has 1 unspecified atom stereocenters. The van der Waals surface area contributed by atoms with Crippen LogP contribution in [0.25, 0.3) is 0 Å². The Morgan fingerprint density at radius 3 is 2.38 bits per heavy atom. The fourth-order valence-corrected chi connectivity index (χ4v) is 0.886. The van der Waals surface area contributed by atoms with Gasteiger partial charge in [-0.25, -0.2) is 4.98 Å². The first kappa shape index (κ1) is 10.0. The van der Waals surface area contributed by atoms with Gasteiger partial charge in [0.05, 0.1) is 5.69 Å². The van der Waals surface area contributed by atoms with Crippen LogP contribution in [0.4, 0.5) is 13.2 Å². The molecule has 6 heteroatoms. The maximum absolute atomic E-state index is 12.0. The van der Waals surface area contributed by atoms with Gasteiger partial charge in [-0.15, -0.1) is 0 Å². The molecule has 0 saturated heterocycles. The number of hydrogen-bond donors (Lipinski definition) is 1. The number of aryl methyl sites for hydroxylation is 2. The molecule has 0 amide bonds. The van der Waals surface area contributed by atoms with Crippen LogP contribution in [0.5, 0.6) is 0 Å². The third-order valence-corrected chi connectivity index (χ3v) is 1.72. The van der Waals surface area contributed by atoms with Crippen molar-refractivity contribution in [2.24, 2.45) is 7.05 Å². The van der Waals surface area contributed by atoms with E-state index >= 15 is 0 Å². The number of alkyl halides is 3. The van der Waals surface area contributed by atoms with Gasteiger partial charge in [0.25, 0.3) is 0 Å². The van der Waals surface area contributed by atoms with Crippen molar-refractivity contribution in [3.05, 3.63) is 17.7 Å². The number of rotatable bonds is 1. The lowest BCUT2D eigenvalue weighted by atomic mass is 10.3. The van der Waals surface area contributed by atoms with Gasteiger partial charge in [0, 0.05) is 13.2 Å². The van der Waals surface area contributed by atoms with Crippen molar-refractivity contribution in [2.45, 2.75) is 19.2 Å². The zero-order valence-electron chi connectivity index (χ0n) is 7.13. The van der Waals surface area contributed by atoms with Crippen molar-refractivity contribution in [2.75, 3.05) is 0 Å². The van der Waals surface area contributed by atoms with E-state index < -0.39 is 12.3 Å².